The van der Waals surface area contributed by atoms with Crippen LogP contribution in [0.4, 0.5) is 17.6 Å². The highest BCUT2D eigenvalue weighted by atomic mass is 79.9. The largest absolute Gasteiger partial charge is 0.305 e. The van der Waals surface area contributed by atoms with Gasteiger partial charge < -0.3 is 9.13 Å². The lowest BCUT2D eigenvalue weighted by atomic mass is 10.1. The van der Waals surface area contributed by atoms with E-state index in [1.54, 1.807) is 50.1 Å². The number of aromatic nitrogens is 6. The van der Waals surface area contributed by atoms with Gasteiger partial charge in [-0.25, -0.2) is 26.9 Å². The van der Waals surface area contributed by atoms with E-state index in [4.69, 9.17) is 11.6 Å². The number of pyridine rings is 2. The number of hydrogen-bond donors (Lipinski definition) is 0. The standard InChI is InChI=1S/C17H13BrClF2N3O.C17H14BrF2N3O/c1-3-23-15(11-5-4-10(20)6-13(11)21)14(7-12(18)17(23)25)24-16(19)9(2)8-22-24;1-3-22-16(12-5-4-11(19)6-14(12)20)15(7-13(18)17(22)24)23-9-10(2)8-21-23/h4-8H,3H2,1-2H3;4-9H,3H2,1-2H3. The fourth-order valence-electron chi connectivity index (χ4n) is 5.23. The van der Waals surface area contributed by atoms with Crippen molar-refractivity contribution in [1.82, 2.24) is 28.7 Å². The number of rotatable bonds is 6. The molecule has 4 aromatic heterocycles. The third kappa shape index (κ3) is 7.08. The molecule has 6 aromatic rings. The zero-order chi connectivity index (χ0) is 35.7. The molecule has 254 valence electrons. The Morgan fingerprint density at radius 3 is 1.61 bits per heavy atom. The smallest absolute Gasteiger partial charge is 0.265 e. The summed E-state index contributed by atoms with van der Waals surface area (Å²) in [6.07, 6.45) is 5.01. The summed E-state index contributed by atoms with van der Waals surface area (Å²) < 4.78 is 61.9. The highest BCUT2D eigenvalue weighted by Crippen LogP contribution is 2.33. The van der Waals surface area contributed by atoms with E-state index in [9.17, 15) is 27.2 Å². The van der Waals surface area contributed by atoms with Crippen molar-refractivity contribution in [1.29, 1.82) is 0 Å². The first-order valence-corrected chi connectivity index (χ1v) is 16.7. The van der Waals surface area contributed by atoms with E-state index in [0.717, 1.165) is 29.3 Å². The van der Waals surface area contributed by atoms with Gasteiger partial charge in [-0.1, -0.05) is 11.6 Å². The molecule has 49 heavy (non-hydrogen) atoms. The molecule has 0 saturated carbocycles. The number of nitrogens with zero attached hydrogens (tertiary/aromatic N) is 6. The summed E-state index contributed by atoms with van der Waals surface area (Å²) in [5.74, 6) is -2.87. The maximum Gasteiger partial charge on any atom is 0.265 e. The van der Waals surface area contributed by atoms with Crippen molar-refractivity contribution in [2.24, 2.45) is 0 Å². The summed E-state index contributed by atoms with van der Waals surface area (Å²) in [6, 6.07) is 9.66. The molecule has 6 rings (SSSR count). The van der Waals surface area contributed by atoms with Crippen LogP contribution in [0.15, 0.2) is 85.7 Å². The maximum atomic E-state index is 14.5. The second-order valence-electron chi connectivity index (χ2n) is 10.8. The summed E-state index contributed by atoms with van der Waals surface area (Å²) >= 11 is 12.8. The fourth-order valence-corrected chi connectivity index (χ4v) is 6.28. The van der Waals surface area contributed by atoms with Gasteiger partial charge in [-0.3, -0.25) is 9.59 Å². The monoisotopic (exact) mass is 820 g/mol. The van der Waals surface area contributed by atoms with Crippen LogP contribution in [0.5, 0.6) is 0 Å². The predicted molar refractivity (Wildman–Crippen MR) is 188 cm³/mol. The summed E-state index contributed by atoms with van der Waals surface area (Å²) in [7, 11) is 0. The van der Waals surface area contributed by atoms with Crippen molar-refractivity contribution in [3.63, 3.8) is 0 Å². The molecule has 2 aromatic carbocycles. The minimum atomic E-state index is -0.773. The molecule has 0 bridgehead atoms. The maximum absolute atomic E-state index is 14.5. The molecular formula is C34H27Br2ClF4N6O2. The first kappa shape index (κ1) is 36.0. The molecule has 0 atom stereocenters. The third-order valence-electron chi connectivity index (χ3n) is 7.52. The van der Waals surface area contributed by atoms with Crippen LogP contribution in [0.3, 0.4) is 0 Å². The Kier molecular flexibility index (Phi) is 10.8. The zero-order valence-corrected chi connectivity index (χ0v) is 30.3. The number of hydrogen-bond acceptors (Lipinski definition) is 4. The predicted octanol–water partition coefficient (Wildman–Crippen LogP) is 8.79. The Balaban J connectivity index is 0.000000191. The lowest BCUT2D eigenvalue weighted by Crippen LogP contribution is -2.24. The molecule has 15 heteroatoms. The summed E-state index contributed by atoms with van der Waals surface area (Å²) in [5.41, 5.74) is 2.85. The Bertz CT molecular complexity index is 2330. The molecule has 0 fully saturated rings. The van der Waals surface area contributed by atoms with Crippen molar-refractivity contribution < 1.29 is 17.6 Å². The van der Waals surface area contributed by atoms with Crippen LogP contribution in [-0.2, 0) is 13.1 Å². The van der Waals surface area contributed by atoms with Crippen molar-refractivity contribution in [3.8, 4) is 33.9 Å². The van der Waals surface area contributed by atoms with Crippen molar-refractivity contribution in [2.45, 2.75) is 40.8 Å². The number of halogens is 7. The molecule has 0 amide bonds. The van der Waals surface area contributed by atoms with E-state index in [1.165, 1.54) is 38.1 Å². The van der Waals surface area contributed by atoms with E-state index < -0.39 is 23.3 Å². The SMILES string of the molecule is CCn1c(-c2ccc(F)cc2F)c(-n2cc(C)cn2)cc(Br)c1=O.CCn1c(-c2ccc(F)cc2F)c(-n2ncc(C)c2Cl)cc(Br)c1=O. The van der Waals surface area contributed by atoms with E-state index in [2.05, 4.69) is 42.1 Å². The molecule has 0 aliphatic heterocycles. The van der Waals surface area contributed by atoms with Crippen molar-refractivity contribution in [3.05, 3.63) is 136 Å². The second kappa shape index (κ2) is 14.7. The Morgan fingerprint density at radius 2 is 1.20 bits per heavy atom. The van der Waals surface area contributed by atoms with Gasteiger partial charge in [0.15, 0.2) is 0 Å². The molecule has 0 radical (unpaired) electrons. The highest BCUT2D eigenvalue weighted by Gasteiger charge is 2.22. The van der Waals surface area contributed by atoms with Gasteiger partial charge in [0.05, 0.1) is 44.1 Å². The van der Waals surface area contributed by atoms with Gasteiger partial charge >= 0.3 is 0 Å². The van der Waals surface area contributed by atoms with Crippen LogP contribution in [0.1, 0.15) is 25.0 Å². The molecule has 0 N–H and O–H groups in total. The third-order valence-corrected chi connectivity index (χ3v) is 9.12. The van der Waals surface area contributed by atoms with Crippen LogP contribution in [-0.4, -0.2) is 28.7 Å². The number of benzene rings is 2. The van der Waals surface area contributed by atoms with Crippen molar-refractivity contribution in [2.75, 3.05) is 0 Å². The van der Waals surface area contributed by atoms with Gasteiger partial charge in [-0.15, -0.1) is 0 Å². The lowest BCUT2D eigenvalue weighted by molar-refractivity contribution is 0.582. The molecule has 4 heterocycles. The minimum Gasteiger partial charge on any atom is -0.305 e. The molecule has 0 aliphatic carbocycles. The van der Waals surface area contributed by atoms with Gasteiger partial charge in [0, 0.05) is 48.1 Å². The average Bonchev–Trinajstić information content (AvgIpc) is 3.64. The van der Waals surface area contributed by atoms with Crippen LogP contribution >= 0.6 is 43.5 Å². The van der Waals surface area contributed by atoms with Crippen LogP contribution in [0, 0.1) is 37.1 Å². The van der Waals surface area contributed by atoms with Crippen LogP contribution in [0.25, 0.3) is 33.9 Å². The Labute approximate surface area is 299 Å². The van der Waals surface area contributed by atoms with Gasteiger partial charge in [0.2, 0.25) is 0 Å². The van der Waals surface area contributed by atoms with E-state index in [0.29, 0.717) is 37.7 Å². The minimum absolute atomic E-state index is 0.0899. The highest BCUT2D eigenvalue weighted by molar-refractivity contribution is 9.10. The summed E-state index contributed by atoms with van der Waals surface area (Å²) in [6.45, 7) is 7.84. The molecule has 0 spiro atoms. The molecule has 0 unspecified atom stereocenters. The average molecular weight is 823 g/mol. The van der Waals surface area contributed by atoms with Gasteiger partial charge in [-0.2, -0.15) is 10.2 Å². The van der Waals surface area contributed by atoms with E-state index >= 15 is 0 Å². The normalized spacial score (nSPS) is 11.1. The first-order chi connectivity index (χ1) is 23.3. The second-order valence-corrected chi connectivity index (χ2v) is 12.9. The molecule has 0 aliphatic rings. The molecular weight excluding hydrogens is 796 g/mol. The van der Waals surface area contributed by atoms with Gasteiger partial charge in [0.1, 0.15) is 28.4 Å². The topological polar surface area (TPSA) is 79.6 Å². The Morgan fingerprint density at radius 1 is 0.714 bits per heavy atom. The van der Waals surface area contributed by atoms with Gasteiger partial charge in [0.25, 0.3) is 11.1 Å². The Hall–Kier alpha value is -4.27. The quantitative estimate of drug-likeness (QED) is 0.158. The summed E-state index contributed by atoms with van der Waals surface area (Å²) in [4.78, 5) is 25.0. The fraction of sp³-hybridized carbons (Fsp3) is 0.176. The van der Waals surface area contributed by atoms with Crippen LogP contribution in [0.2, 0.25) is 5.15 Å². The molecule has 0 saturated heterocycles. The van der Waals surface area contributed by atoms with Gasteiger partial charge in [-0.05, 0) is 102 Å². The zero-order valence-electron chi connectivity index (χ0n) is 26.4. The molecule has 8 nitrogen and oxygen atoms in total. The van der Waals surface area contributed by atoms with E-state index in [1.807, 2.05) is 6.92 Å². The first-order valence-electron chi connectivity index (χ1n) is 14.8. The van der Waals surface area contributed by atoms with E-state index in [-0.39, 0.29) is 34.5 Å². The lowest BCUT2D eigenvalue weighted by Gasteiger charge is -2.18. The summed E-state index contributed by atoms with van der Waals surface area (Å²) in [5, 5.41) is 8.81. The van der Waals surface area contributed by atoms with Crippen molar-refractivity contribution >= 4 is 43.5 Å². The van der Waals surface area contributed by atoms with Crippen LogP contribution < -0.4 is 11.1 Å². The number of aryl methyl sites for hydroxylation is 2.